The lowest BCUT2D eigenvalue weighted by atomic mass is 9.97. The van der Waals surface area contributed by atoms with Crippen LogP contribution in [0.25, 0.3) is 0 Å². The van der Waals surface area contributed by atoms with Crippen LogP contribution in [0.2, 0.25) is 0 Å². The Kier molecular flexibility index (Phi) is 10.4. The molecule has 0 aromatic heterocycles. The van der Waals surface area contributed by atoms with Crippen LogP contribution in [0.5, 0.6) is 5.75 Å². The molecule has 0 saturated carbocycles. The first kappa shape index (κ1) is 30.2. The van der Waals surface area contributed by atoms with Crippen molar-refractivity contribution in [2.24, 2.45) is 5.73 Å². The van der Waals surface area contributed by atoms with Crippen molar-refractivity contribution >= 4 is 29.5 Å². The molecule has 0 aliphatic carbocycles. The third kappa shape index (κ3) is 8.79. The van der Waals surface area contributed by atoms with E-state index < -0.39 is 54.5 Å². The number of methoxy groups -OCH3 is 1. The van der Waals surface area contributed by atoms with E-state index in [1.165, 1.54) is 7.11 Å². The molecule has 0 bridgehead atoms. The Morgan fingerprint density at radius 1 is 1.10 bits per heavy atom. The lowest BCUT2D eigenvalue weighted by molar-refractivity contribution is -0.141. The fourth-order valence-corrected chi connectivity index (χ4v) is 3.63. The van der Waals surface area contributed by atoms with E-state index in [-0.39, 0.29) is 5.56 Å². The number of amides is 4. The van der Waals surface area contributed by atoms with Gasteiger partial charge in [0, 0.05) is 11.3 Å². The Labute approximate surface area is 227 Å². The molecule has 0 spiro atoms. The quantitative estimate of drug-likeness (QED) is 0.312. The minimum Gasteiger partial charge on any atom is -0.497 e. The van der Waals surface area contributed by atoms with Crippen LogP contribution in [0.3, 0.4) is 0 Å². The number of hydrogen-bond donors (Lipinski definition) is 3. The highest BCUT2D eigenvalue weighted by molar-refractivity contribution is 6.00. The van der Waals surface area contributed by atoms with Gasteiger partial charge >= 0.3 is 6.09 Å². The number of terminal acetylenes is 1. The van der Waals surface area contributed by atoms with Gasteiger partial charge in [-0.15, -0.1) is 6.42 Å². The van der Waals surface area contributed by atoms with Crippen molar-refractivity contribution in [3.05, 3.63) is 59.7 Å². The minimum absolute atomic E-state index is 0.254. The molecule has 2 rings (SSSR count). The molecule has 4 N–H and O–H groups in total. The number of benzene rings is 2. The number of hydrogen-bond acceptors (Lipinski definition) is 7. The van der Waals surface area contributed by atoms with Gasteiger partial charge in [0.25, 0.3) is 5.91 Å². The van der Waals surface area contributed by atoms with Crippen LogP contribution >= 0.6 is 0 Å². The Balaban J connectivity index is 2.56. The maximum absolute atomic E-state index is 13.8. The molecular formula is C28H31N5O6. The lowest BCUT2D eigenvalue weighted by Crippen LogP contribution is -2.53. The summed E-state index contributed by atoms with van der Waals surface area (Å²) in [6, 6.07) is 11.8. The zero-order valence-corrected chi connectivity index (χ0v) is 22.2. The molecule has 11 nitrogen and oxygen atoms in total. The lowest BCUT2D eigenvalue weighted by Gasteiger charge is -2.33. The molecule has 11 heteroatoms. The van der Waals surface area contributed by atoms with Crippen molar-refractivity contribution in [2.75, 3.05) is 19.0 Å². The number of alkyl carbamates (subject to hydrolysis) is 1. The summed E-state index contributed by atoms with van der Waals surface area (Å²) in [7, 11) is 1.50. The highest BCUT2D eigenvalue weighted by Gasteiger charge is 2.37. The molecule has 2 aromatic carbocycles. The van der Waals surface area contributed by atoms with Crippen molar-refractivity contribution < 1.29 is 28.7 Å². The highest BCUT2D eigenvalue weighted by Crippen LogP contribution is 2.27. The molecule has 2 unspecified atom stereocenters. The maximum Gasteiger partial charge on any atom is 0.408 e. The van der Waals surface area contributed by atoms with Crippen LogP contribution in [0, 0.1) is 23.7 Å². The third-order valence-electron chi connectivity index (χ3n) is 5.25. The van der Waals surface area contributed by atoms with E-state index in [1.54, 1.807) is 69.3 Å². The first-order chi connectivity index (χ1) is 18.4. The predicted octanol–water partition coefficient (Wildman–Crippen LogP) is 2.48. The van der Waals surface area contributed by atoms with E-state index in [0.717, 1.165) is 4.90 Å². The summed E-state index contributed by atoms with van der Waals surface area (Å²) < 4.78 is 10.3. The second-order valence-corrected chi connectivity index (χ2v) is 9.35. The first-order valence-electron chi connectivity index (χ1n) is 11.9. The topological polar surface area (TPSA) is 164 Å². The number of nitrogens with zero attached hydrogens (tertiary/aromatic N) is 2. The van der Waals surface area contributed by atoms with E-state index in [4.69, 9.17) is 21.6 Å². The average Bonchev–Trinajstić information content (AvgIpc) is 2.87. The normalized spacial score (nSPS) is 12.1. The number of nitrogens with two attached hydrogens (primary N) is 1. The van der Waals surface area contributed by atoms with Crippen molar-refractivity contribution in [1.29, 1.82) is 5.26 Å². The summed E-state index contributed by atoms with van der Waals surface area (Å²) in [6.07, 6.45) is 4.08. The number of nitrogens with one attached hydrogen (secondary N) is 2. The standard InChI is InChI=1S/C28H31N5O6/c1-6-18-9-7-8-10-21(18)24(25(35)31-19-11-13-20(38-5)14-12-19)33(16-15-29)26(36)22(17-23(30)34)32-27(37)39-28(2,3)4/h1,7-14,22,24H,16-17H2,2-5H3,(H2,30,34)(H,31,35)(H,32,37). The fourth-order valence-electron chi connectivity index (χ4n) is 3.63. The predicted molar refractivity (Wildman–Crippen MR) is 143 cm³/mol. The monoisotopic (exact) mass is 533 g/mol. The van der Waals surface area contributed by atoms with Gasteiger partial charge < -0.3 is 30.7 Å². The molecule has 4 amide bonds. The number of anilines is 1. The second kappa shape index (κ2) is 13.5. The molecule has 2 aromatic rings. The van der Waals surface area contributed by atoms with Crippen molar-refractivity contribution in [2.45, 2.75) is 44.9 Å². The van der Waals surface area contributed by atoms with E-state index in [9.17, 15) is 24.4 Å². The number of rotatable bonds is 10. The summed E-state index contributed by atoms with van der Waals surface area (Å²) in [6.45, 7) is 4.28. The summed E-state index contributed by atoms with van der Waals surface area (Å²) in [5.41, 5.74) is 5.38. The number of primary amides is 1. The molecule has 0 saturated heterocycles. The van der Waals surface area contributed by atoms with Crippen LogP contribution in [0.1, 0.15) is 44.4 Å². The zero-order chi connectivity index (χ0) is 29.2. The minimum atomic E-state index is -1.53. The van der Waals surface area contributed by atoms with E-state index in [2.05, 4.69) is 16.6 Å². The Morgan fingerprint density at radius 2 is 1.74 bits per heavy atom. The van der Waals surface area contributed by atoms with Gasteiger partial charge in [-0.05, 0) is 56.7 Å². The molecule has 0 heterocycles. The van der Waals surface area contributed by atoms with Crippen molar-refractivity contribution in [3.8, 4) is 24.2 Å². The number of carbonyl (C=O) groups excluding carboxylic acids is 4. The van der Waals surface area contributed by atoms with Crippen LogP contribution in [0.4, 0.5) is 10.5 Å². The van der Waals surface area contributed by atoms with E-state index in [0.29, 0.717) is 17.0 Å². The van der Waals surface area contributed by atoms with Gasteiger partial charge in [0.2, 0.25) is 11.8 Å². The molecule has 0 radical (unpaired) electrons. The molecular weight excluding hydrogens is 502 g/mol. The smallest absolute Gasteiger partial charge is 0.408 e. The molecule has 2 atom stereocenters. The molecule has 0 fully saturated rings. The van der Waals surface area contributed by atoms with Crippen LogP contribution in [-0.2, 0) is 19.1 Å². The zero-order valence-electron chi connectivity index (χ0n) is 22.2. The molecule has 0 aliphatic heterocycles. The highest BCUT2D eigenvalue weighted by atomic mass is 16.6. The molecule has 39 heavy (non-hydrogen) atoms. The molecule has 0 aliphatic rings. The SMILES string of the molecule is C#Cc1ccccc1C(C(=O)Nc1ccc(OC)cc1)N(CC#N)C(=O)C(CC(N)=O)NC(=O)OC(C)(C)C. The van der Waals surface area contributed by atoms with E-state index >= 15 is 0 Å². The van der Waals surface area contributed by atoms with Gasteiger partial charge in [-0.25, -0.2) is 4.79 Å². The van der Waals surface area contributed by atoms with Crippen molar-refractivity contribution in [1.82, 2.24) is 10.2 Å². The van der Waals surface area contributed by atoms with Gasteiger partial charge in [0.1, 0.15) is 30.0 Å². The second-order valence-electron chi connectivity index (χ2n) is 9.35. The Hall–Kier alpha value is -5.03. The largest absolute Gasteiger partial charge is 0.497 e. The maximum atomic E-state index is 13.8. The van der Waals surface area contributed by atoms with Crippen LogP contribution in [-0.4, -0.2) is 54.0 Å². The van der Waals surface area contributed by atoms with Gasteiger partial charge in [0.05, 0.1) is 19.6 Å². The van der Waals surface area contributed by atoms with E-state index in [1.807, 2.05) is 6.07 Å². The summed E-state index contributed by atoms with van der Waals surface area (Å²) in [5.74, 6) is 0.540. The fraction of sp³-hybridized carbons (Fsp3) is 0.321. The molecule has 204 valence electrons. The van der Waals surface area contributed by atoms with Crippen LogP contribution in [0.15, 0.2) is 48.5 Å². The third-order valence-corrected chi connectivity index (χ3v) is 5.25. The average molecular weight is 534 g/mol. The van der Waals surface area contributed by atoms with Gasteiger partial charge in [0.15, 0.2) is 0 Å². The number of nitriles is 1. The Bertz CT molecular complexity index is 1290. The Morgan fingerprint density at radius 3 is 2.28 bits per heavy atom. The summed E-state index contributed by atoms with van der Waals surface area (Å²) in [5, 5.41) is 14.7. The van der Waals surface area contributed by atoms with Gasteiger partial charge in [-0.3, -0.25) is 14.4 Å². The number of ether oxygens (including phenoxy) is 2. The van der Waals surface area contributed by atoms with Crippen LogP contribution < -0.4 is 21.1 Å². The first-order valence-corrected chi connectivity index (χ1v) is 11.9. The number of carbonyl (C=O) groups is 4. The van der Waals surface area contributed by atoms with Crippen molar-refractivity contribution in [3.63, 3.8) is 0 Å². The van der Waals surface area contributed by atoms with Gasteiger partial charge in [-0.2, -0.15) is 5.26 Å². The summed E-state index contributed by atoms with van der Waals surface area (Å²) >= 11 is 0. The summed E-state index contributed by atoms with van der Waals surface area (Å²) in [4.78, 5) is 52.7. The van der Waals surface area contributed by atoms with Gasteiger partial charge in [-0.1, -0.05) is 24.1 Å².